The monoisotopic (exact) mass is 352 g/mol. The largest absolute Gasteiger partial charge is 0.135 e. The van der Waals surface area contributed by atoms with Gasteiger partial charge in [0, 0.05) is 24.6 Å². The fourth-order valence-electron chi connectivity index (χ4n) is 2.25. The van der Waals surface area contributed by atoms with E-state index in [1.807, 2.05) is 11.3 Å². The molecule has 0 aliphatic rings. The SMILES string of the molecule is Cc1cccc2c1sc1ccc(CCI)cc12. The number of benzene rings is 2. The van der Waals surface area contributed by atoms with Gasteiger partial charge in [0.15, 0.2) is 0 Å². The molecule has 1 aromatic heterocycles. The van der Waals surface area contributed by atoms with E-state index >= 15 is 0 Å². The summed E-state index contributed by atoms with van der Waals surface area (Å²) in [6, 6.07) is 13.5. The van der Waals surface area contributed by atoms with Gasteiger partial charge in [-0.3, -0.25) is 0 Å². The van der Waals surface area contributed by atoms with Gasteiger partial charge in [-0.1, -0.05) is 46.9 Å². The number of rotatable bonds is 2. The lowest BCUT2D eigenvalue weighted by atomic mass is 10.1. The van der Waals surface area contributed by atoms with Gasteiger partial charge in [-0.25, -0.2) is 0 Å². The van der Waals surface area contributed by atoms with E-state index in [2.05, 4.69) is 65.9 Å². The summed E-state index contributed by atoms with van der Waals surface area (Å²) in [6.07, 6.45) is 1.17. The summed E-state index contributed by atoms with van der Waals surface area (Å²) >= 11 is 4.35. The number of aryl methyl sites for hydroxylation is 2. The van der Waals surface area contributed by atoms with Gasteiger partial charge in [-0.15, -0.1) is 11.3 Å². The number of halogens is 1. The lowest BCUT2D eigenvalue weighted by Crippen LogP contribution is -1.83. The zero-order valence-corrected chi connectivity index (χ0v) is 12.6. The summed E-state index contributed by atoms with van der Waals surface area (Å²) in [4.78, 5) is 0. The molecule has 0 atom stereocenters. The van der Waals surface area contributed by atoms with Crippen LogP contribution >= 0.6 is 33.9 Å². The Labute approximate surface area is 119 Å². The Morgan fingerprint density at radius 1 is 1.12 bits per heavy atom. The van der Waals surface area contributed by atoms with Gasteiger partial charge in [0.05, 0.1) is 0 Å². The maximum atomic E-state index is 2.44. The van der Waals surface area contributed by atoms with Crippen molar-refractivity contribution in [3.05, 3.63) is 47.5 Å². The predicted molar refractivity (Wildman–Crippen MR) is 86.7 cm³/mol. The minimum Gasteiger partial charge on any atom is -0.135 e. The molecule has 2 heteroatoms. The van der Waals surface area contributed by atoms with Crippen LogP contribution in [-0.4, -0.2) is 4.43 Å². The lowest BCUT2D eigenvalue weighted by molar-refractivity contribution is 1.19. The summed E-state index contributed by atoms with van der Waals surface area (Å²) in [5.41, 5.74) is 2.84. The van der Waals surface area contributed by atoms with Crippen molar-refractivity contribution in [3.8, 4) is 0 Å². The van der Waals surface area contributed by atoms with Crippen LogP contribution in [0.5, 0.6) is 0 Å². The van der Waals surface area contributed by atoms with Crippen molar-refractivity contribution in [2.24, 2.45) is 0 Å². The molecule has 1 heterocycles. The third-order valence-corrected chi connectivity index (χ3v) is 5.00. The minimum absolute atomic E-state index is 1.17. The Bertz CT molecular complexity index is 682. The van der Waals surface area contributed by atoms with Crippen molar-refractivity contribution in [1.82, 2.24) is 0 Å². The van der Waals surface area contributed by atoms with Gasteiger partial charge < -0.3 is 0 Å². The molecule has 3 aromatic rings. The predicted octanol–water partition coefficient (Wildman–Crippen LogP) is 5.34. The first-order chi connectivity index (χ1) is 8.29. The van der Waals surface area contributed by atoms with Gasteiger partial charge in [-0.2, -0.15) is 0 Å². The molecule has 0 fully saturated rings. The van der Waals surface area contributed by atoms with Crippen LogP contribution in [0, 0.1) is 6.92 Å². The highest BCUT2D eigenvalue weighted by atomic mass is 127. The van der Waals surface area contributed by atoms with Crippen molar-refractivity contribution in [2.45, 2.75) is 13.3 Å². The highest BCUT2D eigenvalue weighted by molar-refractivity contribution is 14.1. The molecule has 17 heavy (non-hydrogen) atoms. The first kappa shape index (κ1) is 11.5. The summed E-state index contributed by atoms with van der Waals surface area (Å²) < 4.78 is 4.03. The van der Waals surface area contributed by atoms with Crippen molar-refractivity contribution >= 4 is 54.1 Å². The maximum Gasteiger partial charge on any atom is 0.0384 e. The van der Waals surface area contributed by atoms with E-state index in [1.54, 1.807) is 0 Å². The molecule has 86 valence electrons. The molecule has 0 saturated heterocycles. The molecule has 0 aliphatic heterocycles. The minimum atomic E-state index is 1.17. The summed E-state index contributed by atoms with van der Waals surface area (Å²) in [6.45, 7) is 2.20. The molecule has 0 nitrogen and oxygen atoms in total. The van der Waals surface area contributed by atoms with Crippen molar-refractivity contribution in [1.29, 1.82) is 0 Å². The molecule has 0 radical (unpaired) electrons. The third-order valence-electron chi connectivity index (χ3n) is 3.14. The lowest BCUT2D eigenvalue weighted by Gasteiger charge is -1.98. The van der Waals surface area contributed by atoms with Crippen molar-refractivity contribution in [2.75, 3.05) is 4.43 Å². The van der Waals surface area contributed by atoms with Gasteiger partial charge in [0.2, 0.25) is 0 Å². The third kappa shape index (κ3) is 1.97. The molecule has 0 bridgehead atoms. The average molecular weight is 352 g/mol. The highest BCUT2D eigenvalue weighted by Gasteiger charge is 2.06. The molecule has 0 spiro atoms. The first-order valence-corrected chi connectivity index (χ1v) is 8.10. The zero-order valence-electron chi connectivity index (χ0n) is 9.66. The van der Waals surface area contributed by atoms with Crippen LogP contribution in [0.1, 0.15) is 11.1 Å². The molecular formula is C15H13IS. The van der Waals surface area contributed by atoms with Crippen LogP contribution in [0.3, 0.4) is 0 Å². The number of alkyl halides is 1. The molecule has 0 aliphatic carbocycles. The van der Waals surface area contributed by atoms with Crippen molar-refractivity contribution < 1.29 is 0 Å². The second kappa shape index (κ2) is 4.58. The molecule has 0 saturated carbocycles. The van der Waals surface area contributed by atoms with E-state index in [1.165, 1.54) is 42.1 Å². The van der Waals surface area contributed by atoms with Gasteiger partial charge in [0.1, 0.15) is 0 Å². The average Bonchev–Trinajstić information content (AvgIpc) is 2.70. The Morgan fingerprint density at radius 2 is 2.00 bits per heavy atom. The van der Waals surface area contributed by atoms with Gasteiger partial charge in [-0.05, 0) is 36.6 Å². The fourth-order valence-corrected chi connectivity index (χ4v) is 4.03. The molecule has 0 N–H and O–H groups in total. The number of hydrogen-bond donors (Lipinski definition) is 0. The highest BCUT2D eigenvalue weighted by Crippen LogP contribution is 2.36. The molecule has 3 rings (SSSR count). The van der Waals surface area contributed by atoms with Crippen LogP contribution < -0.4 is 0 Å². The van der Waals surface area contributed by atoms with Crippen LogP contribution in [0.4, 0.5) is 0 Å². The summed E-state index contributed by atoms with van der Waals surface area (Å²) in [7, 11) is 0. The van der Waals surface area contributed by atoms with E-state index in [0.717, 1.165) is 0 Å². The molecular weight excluding hydrogens is 339 g/mol. The van der Waals surface area contributed by atoms with Gasteiger partial charge in [0.25, 0.3) is 0 Å². The number of hydrogen-bond acceptors (Lipinski definition) is 1. The Morgan fingerprint density at radius 3 is 2.82 bits per heavy atom. The standard InChI is InChI=1S/C15H13IS/c1-10-3-2-4-12-13-9-11(7-8-16)5-6-14(13)17-15(10)12/h2-6,9H,7-8H2,1H3. The van der Waals surface area contributed by atoms with E-state index in [4.69, 9.17) is 0 Å². The molecule has 0 amide bonds. The van der Waals surface area contributed by atoms with Crippen LogP contribution in [0.2, 0.25) is 0 Å². The van der Waals surface area contributed by atoms with E-state index in [-0.39, 0.29) is 0 Å². The first-order valence-electron chi connectivity index (χ1n) is 5.76. The van der Waals surface area contributed by atoms with Crippen LogP contribution in [-0.2, 0) is 6.42 Å². The molecule has 2 aromatic carbocycles. The topological polar surface area (TPSA) is 0 Å². The maximum absolute atomic E-state index is 2.44. The van der Waals surface area contributed by atoms with Crippen LogP contribution in [0.25, 0.3) is 20.2 Å². The summed E-state index contributed by atoms with van der Waals surface area (Å²) in [5.74, 6) is 0. The number of fused-ring (bicyclic) bond motifs is 3. The Balaban J connectivity index is 2.34. The Hall–Kier alpha value is -0.610. The Kier molecular flexibility index (Phi) is 3.09. The zero-order chi connectivity index (χ0) is 11.8. The normalized spacial score (nSPS) is 11.4. The fraction of sp³-hybridized carbons (Fsp3) is 0.200. The van der Waals surface area contributed by atoms with Crippen LogP contribution in [0.15, 0.2) is 36.4 Å². The number of thiophene rings is 1. The quantitative estimate of drug-likeness (QED) is 0.431. The second-order valence-electron chi connectivity index (χ2n) is 4.32. The van der Waals surface area contributed by atoms with Crippen molar-refractivity contribution in [3.63, 3.8) is 0 Å². The second-order valence-corrected chi connectivity index (χ2v) is 6.45. The van der Waals surface area contributed by atoms with Gasteiger partial charge >= 0.3 is 0 Å². The smallest absolute Gasteiger partial charge is 0.0384 e. The van der Waals surface area contributed by atoms with E-state index in [9.17, 15) is 0 Å². The summed E-state index contributed by atoms with van der Waals surface area (Å²) in [5, 5.41) is 2.84. The van der Waals surface area contributed by atoms with E-state index < -0.39 is 0 Å². The molecule has 0 unspecified atom stereocenters. The van der Waals surface area contributed by atoms with E-state index in [0.29, 0.717) is 0 Å².